The molecule has 0 aliphatic carbocycles. The van der Waals surface area contributed by atoms with Crippen molar-refractivity contribution in [1.82, 2.24) is 4.90 Å². The molecule has 0 rings (SSSR count). The molecule has 0 amide bonds. The van der Waals surface area contributed by atoms with Crippen LogP contribution in [-0.4, -0.2) is 58.7 Å². The van der Waals surface area contributed by atoms with Crippen LogP contribution in [0.5, 0.6) is 0 Å². The summed E-state index contributed by atoms with van der Waals surface area (Å²) in [5, 5.41) is 27.2. The Morgan fingerprint density at radius 2 is 1.08 bits per heavy atom. The van der Waals surface area contributed by atoms with E-state index in [0.29, 0.717) is 0 Å². The summed E-state index contributed by atoms with van der Waals surface area (Å²) in [6.45, 7) is 10.8. The Kier molecular flexibility index (Phi) is 16.3. The fourth-order valence-corrected chi connectivity index (χ4v) is 3.58. The molecule has 148 valence electrons. The molecule has 0 atom stereocenters. The molecule has 0 aromatic carbocycles. The number of hydrogen-bond acceptors (Lipinski definition) is 4. The van der Waals surface area contributed by atoms with Gasteiger partial charge in [-0.2, -0.15) is 0 Å². The van der Waals surface area contributed by atoms with Crippen LogP contribution in [0, 0.1) is 0 Å². The molecule has 0 unspecified atom stereocenters. The molecule has 0 radical (unpaired) electrons. The van der Waals surface area contributed by atoms with Crippen molar-refractivity contribution in [2.75, 3.05) is 32.9 Å². The Balaban J connectivity index is 5.05. The van der Waals surface area contributed by atoms with E-state index in [1.807, 2.05) is 12.2 Å². The molecule has 0 aromatic rings. The lowest BCUT2D eigenvalue weighted by Crippen LogP contribution is -2.49. The fraction of sp³-hybridized carbons (Fsp3) is 0.810. The van der Waals surface area contributed by atoms with Gasteiger partial charge in [-0.1, -0.05) is 12.2 Å². The van der Waals surface area contributed by atoms with E-state index < -0.39 is 0 Å². The summed E-state index contributed by atoms with van der Waals surface area (Å²) in [7, 11) is 0. The Bertz CT molecular complexity index is 298. The van der Waals surface area contributed by atoms with Crippen LogP contribution in [0.3, 0.4) is 0 Å². The zero-order valence-corrected chi connectivity index (χ0v) is 16.2. The van der Waals surface area contributed by atoms with Crippen LogP contribution in [0.25, 0.3) is 0 Å². The van der Waals surface area contributed by atoms with Crippen LogP contribution in [0.15, 0.2) is 25.3 Å². The number of hydrogen-bond donors (Lipinski definition) is 3. The Morgan fingerprint density at radius 3 is 1.48 bits per heavy atom. The summed E-state index contributed by atoms with van der Waals surface area (Å²) in [5.74, 6) is 0. The molecule has 0 fully saturated rings. The molecule has 0 bridgehead atoms. The highest BCUT2D eigenvalue weighted by molar-refractivity contribution is 5.00. The molecule has 0 heterocycles. The van der Waals surface area contributed by atoms with Gasteiger partial charge in [-0.05, 0) is 83.7 Å². The first kappa shape index (κ1) is 24.3. The first-order valence-corrected chi connectivity index (χ1v) is 10.00. The predicted octanol–water partition coefficient (Wildman–Crippen LogP) is 3.67. The van der Waals surface area contributed by atoms with Gasteiger partial charge in [0.25, 0.3) is 0 Å². The smallest absolute Gasteiger partial charge is 0.0431 e. The van der Waals surface area contributed by atoms with Gasteiger partial charge in [-0.3, -0.25) is 4.90 Å². The van der Waals surface area contributed by atoms with Crippen molar-refractivity contribution in [3.8, 4) is 0 Å². The first-order valence-electron chi connectivity index (χ1n) is 10.00. The van der Waals surface area contributed by atoms with Gasteiger partial charge < -0.3 is 15.3 Å². The lowest BCUT2D eigenvalue weighted by atomic mass is 9.83. The third kappa shape index (κ3) is 10.8. The first-order chi connectivity index (χ1) is 12.2. The van der Waals surface area contributed by atoms with Crippen LogP contribution >= 0.6 is 0 Å². The summed E-state index contributed by atoms with van der Waals surface area (Å²) in [6, 6.07) is 0. The van der Waals surface area contributed by atoms with Crippen molar-refractivity contribution in [3.63, 3.8) is 0 Å². The molecule has 0 saturated carbocycles. The van der Waals surface area contributed by atoms with Gasteiger partial charge in [0, 0.05) is 25.4 Å². The van der Waals surface area contributed by atoms with Crippen molar-refractivity contribution in [2.24, 2.45) is 0 Å². The molecular weight excluding hydrogens is 314 g/mol. The van der Waals surface area contributed by atoms with Crippen LogP contribution in [0.1, 0.15) is 70.6 Å². The van der Waals surface area contributed by atoms with Gasteiger partial charge in [0.2, 0.25) is 0 Å². The minimum atomic E-state index is 0.0249. The van der Waals surface area contributed by atoms with Crippen LogP contribution < -0.4 is 0 Å². The van der Waals surface area contributed by atoms with E-state index in [1.54, 1.807) is 0 Å². The second-order valence-corrected chi connectivity index (χ2v) is 6.95. The normalized spacial score (nSPS) is 11.8. The van der Waals surface area contributed by atoms with Gasteiger partial charge in [0.05, 0.1) is 0 Å². The van der Waals surface area contributed by atoms with Gasteiger partial charge >= 0.3 is 0 Å². The summed E-state index contributed by atoms with van der Waals surface area (Å²) >= 11 is 0. The fourth-order valence-electron chi connectivity index (χ4n) is 3.58. The Morgan fingerprint density at radius 1 is 0.640 bits per heavy atom. The molecule has 3 N–H and O–H groups in total. The van der Waals surface area contributed by atoms with E-state index in [4.69, 9.17) is 15.3 Å². The Hall–Kier alpha value is -0.680. The Labute approximate surface area is 155 Å². The molecule has 25 heavy (non-hydrogen) atoms. The van der Waals surface area contributed by atoms with E-state index in [9.17, 15) is 0 Å². The number of nitrogens with zero attached hydrogens (tertiary/aromatic N) is 1. The maximum absolute atomic E-state index is 9.16. The van der Waals surface area contributed by atoms with E-state index in [1.165, 1.54) is 0 Å². The van der Waals surface area contributed by atoms with Gasteiger partial charge in [0.1, 0.15) is 0 Å². The molecule has 0 saturated heterocycles. The molecule has 0 aliphatic heterocycles. The average Bonchev–Trinajstić information content (AvgIpc) is 2.61. The maximum atomic E-state index is 9.16. The zero-order chi connectivity index (χ0) is 18.8. The van der Waals surface area contributed by atoms with Crippen molar-refractivity contribution in [2.45, 2.75) is 76.2 Å². The van der Waals surface area contributed by atoms with E-state index in [2.05, 4.69) is 18.1 Å². The summed E-state index contributed by atoms with van der Waals surface area (Å²) in [5.41, 5.74) is 0.0249. The minimum absolute atomic E-state index is 0.0249. The summed E-state index contributed by atoms with van der Waals surface area (Å²) < 4.78 is 0. The van der Waals surface area contributed by atoms with Crippen molar-refractivity contribution >= 4 is 0 Å². The van der Waals surface area contributed by atoms with Crippen molar-refractivity contribution in [1.29, 1.82) is 0 Å². The van der Waals surface area contributed by atoms with Gasteiger partial charge in [-0.15, -0.1) is 13.2 Å². The van der Waals surface area contributed by atoms with Crippen molar-refractivity contribution < 1.29 is 15.3 Å². The number of rotatable bonds is 19. The SMILES string of the molecule is C=CCC(CC=C)(CCCCO)N(CCCCCO)CCCCCO. The summed E-state index contributed by atoms with van der Waals surface area (Å²) in [4.78, 5) is 2.59. The highest BCUT2D eigenvalue weighted by atomic mass is 16.3. The molecular formula is C21H41NO3. The van der Waals surface area contributed by atoms with Crippen molar-refractivity contribution in [3.05, 3.63) is 25.3 Å². The molecule has 4 nitrogen and oxygen atoms in total. The second kappa shape index (κ2) is 16.8. The quantitative estimate of drug-likeness (QED) is 0.244. The van der Waals surface area contributed by atoms with Crippen LogP contribution in [0.2, 0.25) is 0 Å². The second-order valence-electron chi connectivity index (χ2n) is 6.95. The minimum Gasteiger partial charge on any atom is -0.396 e. The third-order valence-corrected chi connectivity index (χ3v) is 4.94. The topological polar surface area (TPSA) is 63.9 Å². The predicted molar refractivity (Wildman–Crippen MR) is 107 cm³/mol. The zero-order valence-electron chi connectivity index (χ0n) is 16.2. The molecule has 0 aliphatic rings. The number of unbranched alkanes of at least 4 members (excludes halogenated alkanes) is 5. The molecule has 4 heteroatoms. The molecule has 0 aromatic heterocycles. The monoisotopic (exact) mass is 355 g/mol. The molecule has 0 spiro atoms. The lowest BCUT2D eigenvalue weighted by molar-refractivity contribution is 0.0722. The largest absolute Gasteiger partial charge is 0.396 e. The van der Waals surface area contributed by atoms with Crippen LogP contribution in [-0.2, 0) is 0 Å². The maximum Gasteiger partial charge on any atom is 0.0431 e. The highest BCUT2D eigenvalue weighted by Crippen LogP contribution is 2.32. The average molecular weight is 356 g/mol. The lowest BCUT2D eigenvalue weighted by Gasteiger charge is -2.44. The van der Waals surface area contributed by atoms with Gasteiger partial charge in [-0.25, -0.2) is 0 Å². The number of aliphatic hydroxyl groups is 3. The number of aliphatic hydroxyl groups excluding tert-OH is 3. The van der Waals surface area contributed by atoms with E-state index in [-0.39, 0.29) is 25.4 Å². The summed E-state index contributed by atoms with van der Waals surface area (Å²) in [6.07, 6.45) is 14.7. The third-order valence-electron chi connectivity index (χ3n) is 4.94. The highest BCUT2D eigenvalue weighted by Gasteiger charge is 2.33. The van der Waals surface area contributed by atoms with E-state index >= 15 is 0 Å². The van der Waals surface area contributed by atoms with Crippen LogP contribution in [0.4, 0.5) is 0 Å². The van der Waals surface area contributed by atoms with Gasteiger partial charge in [0.15, 0.2) is 0 Å². The van der Waals surface area contributed by atoms with E-state index in [0.717, 1.165) is 83.7 Å². The standard InChI is InChI=1S/C21H41NO3/c1-3-13-21(14-4-2,15-7-12-20-25)22(16-8-5-10-18-23)17-9-6-11-19-24/h3-4,23-25H,1-2,5-20H2.